The van der Waals surface area contributed by atoms with Crippen molar-refractivity contribution in [2.75, 3.05) is 0 Å². The van der Waals surface area contributed by atoms with Crippen LogP contribution >= 0.6 is 7.60 Å². The van der Waals surface area contributed by atoms with E-state index >= 15 is 0 Å². The highest BCUT2D eigenvalue weighted by Gasteiger charge is 2.11. The van der Waals surface area contributed by atoms with Crippen LogP contribution in [-0.2, 0) is 4.57 Å². The van der Waals surface area contributed by atoms with Gasteiger partial charge in [-0.1, -0.05) is 18.2 Å². The predicted molar refractivity (Wildman–Crippen MR) is 49.0 cm³/mol. The van der Waals surface area contributed by atoms with Crippen LogP contribution in [0.15, 0.2) is 30.5 Å². The van der Waals surface area contributed by atoms with Crippen LogP contribution in [0.5, 0.6) is 0 Å². The van der Waals surface area contributed by atoms with E-state index in [9.17, 15) is 9.46 Å². The first-order valence-corrected chi connectivity index (χ1v) is 5.41. The SMILES string of the molecule is O=P([O-])(O)c1cnnc2ccccc12. The van der Waals surface area contributed by atoms with Gasteiger partial charge in [0.2, 0.25) is 0 Å². The van der Waals surface area contributed by atoms with E-state index in [1.165, 1.54) is 0 Å². The standard InChI is InChI=1S/C8H7N2O3P/c11-14(12,13)8-5-9-10-7-4-2-1-3-6(7)8/h1-5H,(H2,11,12,13)/p-1. The van der Waals surface area contributed by atoms with Crippen molar-refractivity contribution in [2.45, 2.75) is 0 Å². The van der Waals surface area contributed by atoms with Crippen molar-refractivity contribution in [3.63, 3.8) is 0 Å². The lowest BCUT2D eigenvalue weighted by atomic mass is 10.2. The Kier molecular flexibility index (Phi) is 2.07. The largest absolute Gasteiger partial charge is 0.775 e. The summed E-state index contributed by atoms with van der Waals surface area (Å²) in [7, 11) is -4.52. The van der Waals surface area contributed by atoms with Crippen LogP contribution < -0.4 is 10.2 Å². The van der Waals surface area contributed by atoms with Crippen molar-refractivity contribution < 1.29 is 14.4 Å². The number of hydrogen-bond acceptors (Lipinski definition) is 4. The molecule has 0 bridgehead atoms. The minimum Gasteiger partial charge on any atom is -0.775 e. The normalized spacial score (nSPS) is 15.3. The van der Waals surface area contributed by atoms with Gasteiger partial charge >= 0.3 is 0 Å². The smallest absolute Gasteiger partial charge is 0.164 e. The Morgan fingerprint density at radius 2 is 2.07 bits per heavy atom. The Hall–Kier alpha value is -1.29. The van der Waals surface area contributed by atoms with Gasteiger partial charge in [-0.3, -0.25) is 0 Å². The van der Waals surface area contributed by atoms with Crippen molar-refractivity contribution in [3.05, 3.63) is 30.5 Å². The van der Waals surface area contributed by atoms with E-state index in [0.29, 0.717) is 10.9 Å². The van der Waals surface area contributed by atoms with Crippen LogP contribution in [0.4, 0.5) is 0 Å². The number of benzene rings is 1. The second-order valence-corrected chi connectivity index (χ2v) is 4.29. The molecule has 6 heteroatoms. The Morgan fingerprint density at radius 1 is 1.36 bits per heavy atom. The Bertz CT molecular complexity index is 517. The van der Waals surface area contributed by atoms with Crippen LogP contribution in [0.25, 0.3) is 10.9 Å². The second-order valence-electron chi connectivity index (χ2n) is 2.77. The highest BCUT2D eigenvalue weighted by molar-refractivity contribution is 7.59. The number of rotatable bonds is 1. The van der Waals surface area contributed by atoms with Crippen LogP contribution in [-0.4, -0.2) is 15.1 Å². The zero-order valence-electron chi connectivity index (χ0n) is 6.99. The molecule has 72 valence electrons. The monoisotopic (exact) mass is 209 g/mol. The van der Waals surface area contributed by atoms with Crippen LogP contribution in [0.2, 0.25) is 0 Å². The molecule has 0 radical (unpaired) electrons. The minimum atomic E-state index is -4.52. The third-order valence-electron chi connectivity index (χ3n) is 1.83. The fourth-order valence-electron chi connectivity index (χ4n) is 1.22. The van der Waals surface area contributed by atoms with E-state index in [-0.39, 0.29) is 5.30 Å². The minimum absolute atomic E-state index is 0.192. The first kappa shape index (κ1) is 9.27. The van der Waals surface area contributed by atoms with Crippen molar-refractivity contribution >= 4 is 23.8 Å². The number of hydrogen-bond donors (Lipinski definition) is 1. The van der Waals surface area contributed by atoms with Crippen LogP contribution in [0.1, 0.15) is 0 Å². The average molecular weight is 209 g/mol. The molecule has 1 aromatic heterocycles. The molecule has 1 N–H and O–H groups in total. The van der Waals surface area contributed by atoms with Crippen molar-refractivity contribution in [3.8, 4) is 0 Å². The van der Waals surface area contributed by atoms with E-state index in [0.717, 1.165) is 6.20 Å². The van der Waals surface area contributed by atoms with E-state index in [2.05, 4.69) is 10.2 Å². The highest BCUT2D eigenvalue weighted by atomic mass is 31.2. The quantitative estimate of drug-likeness (QED) is 0.657. The molecule has 0 saturated carbocycles. The van der Waals surface area contributed by atoms with Gasteiger partial charge in [0.15, 0.2) is 7.60 Å². The van der Waals surface area contributed by atoms with Gasteiger partial charge in [0, 0.05) is 5.39 Å². The molecule has 0 spiro atoms. The summed E-state index contributed by atoms with van der Waals surface area (Å²) < 4.78 is 11.0. The molecule has 0 aliphatic rings. The van der Waals surface area contributed by atoms with Crippen molar-refractivity contribution in [2.24, 2.45) is 0 Å². The van der Waals surface area contributed by atoms with Gasteiger partial charge in [0.25, 0.3) is 0 Å². The maximum Gasteiger partial charge on any atom is 0.164 e. The van der Waals surface area contributed by atoms with E-state index in [1.807, 2.05) is 0 Å². The molecule has 14 heavy (non-hydrogen) atoms. The summed E-state index contributed by atoms with van der Waals surface area (Å²) in [5.41, 5.74) is 0.440. The molecule has 0 fully saturated rings. The first-order chi connectivity index (χ1) is 6.59. The van der Waals surface area contributed by atoms with E-state index in [4.69, 9.17) is 4.89 Å². The van der Waals surface area contributed by atoms with Crippen molar-refractivity contribution in [1.82, 2.24) is 10.2 Å². The molecular weight excluding hydrogens is 203 g/mol. The molecule has 1 unspecified atom stereocenters. The molecule has 0 aliphatic heterocycles. The molecule has 1 aromatic carbocycles. The molecule has 0 aliphatic carbocycles. The van der Waals surface area contributed by atoms with E-state index in [1.54, 1.807) is 24.3 Å². The molecular formula is C8H6N2O3P-. The molecule has 1 atom stereocenters. The summed E-state index contributed by atoms with van der Waals surface area (Å²) in [5, 5.41) is 7.42. The summed E-state index contributed by atoms with van der Waals surface area (Å²) in [6.07, 6.45) is 1.04. The summed E-state index contributed by atoms with van der Waals surface area (Å²) >= 11 is 0. The maximum absolute atomic E-state index is 11.0. The summed E-state index contributed by atoms with van der Waals surface area (Å²) in [4.78, 5) is 19.9. The maximum atomic E-state index is 11.0. The Morgan fingerprint density at radius 3 is 2.79 bits per heavy atom. The van der Waals surface area contributed by atoms with Crippen molar-refractivity contribution in [1.29, 1.82) is 0 Å². The zero-order chi connectivity index (χ0) is 10.2. The number of nitrogens with zero attached hydrogens (tertiary/aromatic N) is 2. The lowest BCUT2D eigenvalue weighted by Gasteiger charge is -2.16. The van der Waals surface area contributed by atoms with Gasteiger partial charge in [0.05, 0.1) is 17.0 Å². The van der Waals surface area contributed by atoms with Gasteiger partial charge in [-0.05, 0) is 6.07 Å². The topological polar surface area (TPSA) is 86.1 Å². The Balaban J connectivity index is 2.85. The molecule has 2 aromatic rings. The predicted octanol–water partition coefficient (Wildman–Crippen LogP) is -0.199. The Labute approximate surface area is 79.6 Å². The number of fused-ring (bicyclic) bond motifs is 1. The second kappa shape index (κ2) is 3.13. The molecule has 0 saturated heterocycles. The van der Waals surface area contributed by atoms with Gasteiger partial charge in [-0.25, -0.2) is 0 Å². The molecule has 1 heterocycles. The van der Waals surface area contributed by atoms with Gasteiger partial charge in [0.1, 0.15) is 0 Å². The summed E-state index contributed by atoms with van der Waals surface area (Å²) in [6, 6.07) is 6.58. The molecule has 0 amide bonds. The van der Waals surface area contributed by atoms with Crippen LogP contribution in [0, 0.1) is 0 Å². The summed E-state index contributed by atoms with van der Waals surface area (Å²) in [6.45, 7) is 0. The fourth-order valence-corrected chi connectivity index (χ4v) is 1.91. The first-order valence-electron chi connectivity index (χ1n) is 3.84. The third kappa shape index (κ3) is 1.53. The van der Waals surface area contributed by atoms with Gasteiger partial charge < -0.3 is 14.4 Å². The summed E-state index contributed by atoms with van der Waals surface area (Å²) in [5.74, 6) is 0. The van der Waals surface area contributed by atoms with Crippen LogP contribution in [0.3, 0.4) is 0 Å². The number of aromatic nitrogens is 2. The fraction of sp³-hybridized carbons (Fsp3) is 0. The van der Waals surface area contributed by atoms with Gasteiger partial charge in [-0.15, -0.1) is 0 Å². The highest BCUT2D eigenvalue weighted by Crippen LogP contribution is 2.30. The lowest BCUT2D eigenvalue weighted by Crippen LogP contribution is -2.16. The zero-order valence-corrected chi connectivity index (χ0v) is 7.89. The molecule has 2 rings (SSSR count). The van der Waals surface area contributed by atoms with E-state index < -0.39 is 7.60 Å². The lowest BCUT2D eigenvalue weighted by molar-refractivity contribution is -0.188. The average Bonchev–Trinajstić information content (AvgIpc) is 2.15. The molecule has 5 nitrogen and oxygen atoms in total. The van der Waals surface area contributed by atoms with Gasteiger partial charge in [-0.2, -0.15) is 10.2 Å². The third-order valence-corrected chi connectivity index (χ3v) is 2.80.